The van der Waals surface area contributed by atoms with Gasteiger partial charge in [0.2, 0.25) is 0 Å². The van der Waals surface area contributed by atoms with Crippen molar-refractivity contribution in [3.8, 4) is 5.75 Å². The first kappa shape index (κ1) is 14.8. The minimum absolute atomic E-state index is 0.202. The van der Waals surface area contributed by atoms with Gasteiger partial charge in [-0.05, 0) is 18.2 Å². The molecule has 0 saturated heterocycles. The molecule has 0 saturated carbocycles. The molecule has 0 fully saturated rings. The Morgan fingerprint density at radius 2 is 1.86 bits per heavy atom. The normalized spacial score (nSPS) is 11.0. The van der Waals surface area contributed by atoms with Crippen LogP contribution in [0, 0.1) is 5.82 Å². The summed E-state index contributed by atoms with van der Waals surface area (Å²) < 4.78 is 55.3. The van der Waals surface area contributed by atoms with Crippen LogP contribution in [0.3, 0.4) is 0 Å². The molecule has 1 N–H and O–H groups in total. The lowest BCUT2D eigenvalue weighted by atomic mass is 10.2. The Balaban J connectivity index is 2.11. The second kappa shape index (κ2) is 5.78. The van der Waals surface area contributed by atoms with E-state index in [0.717, 1.165) is 0 Å². The highest BCUT2D eigenvalue weighted by atomic mass is 19.4. The molecular formula is C13H8F4N2O2. The van der Waals surface area contributed by atoms with Crippen molar-refractivity contribution in [3.63, 3.8) is 0 Å². The fourth-order valence-electron chi connectivity index (χ4n) is 1.45. The van der Waals surface area contributed by atoms with Gasteiger partial charge in [-0.3, -0.25) is 5.32 Å². The maximum absolute atomic E-state index is 13.0. The van der Waals surface area contributed by atoms with Gasteiger partial charge in [0.25, 0.3) is 0 Å². The highest BCUT2D eigenvalue weighted by molar-refractivity contribution is 5.85. The van der Waals surface area contributed by atoms with Gasteiger partial charge in [-0.2, -0.15) is 13.2 Å². The smallest absolute Gasteiger partial charge is 0.410 e. The van der Waals surface area contributed by atoms with Gasteiger partial charge in [-0.1, -0.05) is 18.2 Å². The van der Waals surface area contributed by atoms with E-state index < -0.39 is 29.5 Å². The number of benzene rings is 1. The maximum atomic E-state index is 13.0. The zero-order valence-electron chi connectivity index (χ0n) is 10.3. The van der Waals surface area contributed by atoms with Gasteiger partial charge in [-0.25, -0.2) is 14.2 Å². The number of nitrogens with zero attached hydrogens (tertiary/aromatic N) is 1. The summed E-state index contributed by atoms with van der Waals surface area (Å²) in [4.78, 5) is 14.8. The van der Waals surface area contributed by atoms with Crippen molar-refractivity contribution in [1.29, 1.82) is 0 Å². The molecule has 8 heteroatoms. The number of carbonyl (C=O) groups excluding carboxylic acids is 1. The van der Waals surface area contributed by atoms with Crippen LogP contribution in [0.25, 0.3) is 0 Å². The fraction of sp³-hybridized carbons (Fsp3) is 0.0769. The van der Waals surface area contributed by atoms with Gasteiger partial charge in [0, 0.05) is 0 Å². The van der Waals surface area contributed by atoms with Crippen LogP contribution in [0.1, 0.15) is 5.56 Å². The van der Waals surface area contributed by atoms with Crippen LogP contribution in [0.5, 0.6) is 5.75 Å². The number of carbonyl (C=O) groups is 1. The third-order valence-electron chi connectivity index (χ3n) is 2.34. The Kier molecular flexibility index (Phi) is 4.06. The average Bonchev–Trinajstić information content (AvgIpc) is 2.41. The fourth-order valence-corrected chi connectivity index (χ4v) is 1.45. The number of alkyl halides is 3. The second-order valence-corrected chi connectivity index (χ2v) is 3.87. The van der Waals surface area contributed by atoms with Crippen LogP contribution in [-0.2, 0) is 6.18 Å². The topological polar surface area (TPSA) is 51.2 Å². The van der Waals surface area contributed by atoms with Crippen LogP contribution in [0.2, 0.25) is 0 Å². The minimum atomic E-state index is -4.88. The van der Waals surface area contributed by atoms with E-state index in [4.69, 9.17) is 4.74 Å². The highest BCUT2D eigenvalue weighted by Gasteiger charge is 2.34. The molecule has 4 nitrogen and oxygen atoms in total. The Bertz CT molecular complexity index is 644. The summed E-state index contributed by atoms with van der Waals surface area (Å²) in [6.45, 7) is 0. The van der Waals surface area contributed by atoms with E-state index in [1.807, 2.05) is 5.32 Å². The molecule has 0 aliphatic carbocycles. The van der Waals surface area contributed by atoms with E-state index in [0.29, 0.717) is 12.3 Å². The number of rotatable bonds is 2. The summed E-state index contributed by atoms with van der Waals surface area (Å²) in [5.41, 5.74) is -1.52. The van der Waals surface area contributed by atoms with E-state index in [9.17, 15) is 22.4 Å². The number of amides is 1. The molecule has 0 aliphatic heterocycles. The Hall–Kier alpha value is -2.64. The maximum Gasteiger partial charge on any atom is 0.419 e. The SMILES string of the molecule is O=C(Nc1cc(C(F)(F)F)c(F)cn1)Oc1ccccc1. The van der Waals surface area contributed by atoms with Gasteiger partial charge < -0.3 is 4.74 Å². The first-order valence-corrected chi connectivity index (χ1v) is 5.63. The van der Waals surface area contributed by atoms with Gasteiger partial charge in [0.1, 0.15) is 11.6 Å². The van der Waals surface area contributed by atoms with Crippen molar-refractivity contribution < 1.29 is 27.1 Å². The van der Waals surface area contributed by atoms with Gasteiger partial charge in [0.05, 0.1) is 11.8 Å². The number of hydrogen-bond acceptors (Lipinski definition) is 3. The third-order valence-corrected chi connectivity index (χ3v) is 2.34. The van der Waals surface area contributed by atoms with Crippen LogP contribution in [0.4, 0.5) is 28.2 Å². The number of anilines is 1. The molecule has 1 aromatic carbocycles. The molecule has 1 heterocycles. The molecule has 0 unspecified atom stereocenters. The number of pyridine rings is 1. The molecule has 2 rings (SSSR count). The lowest BCUT2D eigenvalue weighted by Gasteiger charge is -2.10. The van der Waals surface area contributed by atoms with Gasteiger partial charge in [0.15, 0.2) is 5.82 Å². The van der Waals surface area contributed by atoms with Crippen molar-refractivity contribution >= 4 is 11.9 Å². The van der Waals surface area contributed by atoms with E-state index in [1.165, 1.54) is 12.1 Å². The number of aromatic nitrogens is 1. The quantitative estimate of drug-likeness (QED) is 0.857. The van der Waals surface area contributed by atoms with Crippen molar-refractivity contribution in [2.75, 3.05) is 5.32 Å². The summed E-state index contributed by atoms with van der Waals surface area (Å²) in [5, 5.41) is 1.99. The molecule has 0 atom stereocenters. The van der Waals surface area contributed by atoms with E-state index >= 15 is 0 Å². The number of para-hydroxylation sites is 1. The van der Waals surface area contributed by atoms with Crippen LogP contribution in [0.15, 0.2) is 42.6 Å². The zero-order chi connectivity index (χ0) is 15.5. The van der Waals surface area contributed by atoms with Gasteiger partial charge in [-0.15, -0.1) is 0 Å². The second-order valence-electron chi connectivity index (χ2n) is 3.87. The third kappa shape index (κ3) is 3.91. The summed E-state index contributed by atoms with van der Waals surface area (Å²) in [6.07, 6.45) is -5.54. The largest absolute Gasteiger partial charge is 0.419 e. The molecule has 2 aromatic rings. The summed E-state index contributed by atoms with van der Waals surface area (Å²) in [5.74, 6) is -1.79. The molecule has 1 amide bonds. The minimum Gasteiger partial charge on any atom is -0.410 e. The molecule has 0 spiro atoms. The number of hydrogen-bond donors (Lipinski definition) is 1. The molecule has 21 heavy (non-hydrogen) atoms. The molecule has 0 aliphatic rings. The number of halogens is 4. The molecule has 110 valence electrons. The molecule has 1 aromatic heterocycles. The Morgan fingerprint density at radius 3 is 2.48 bits per heavy atom. The molecule has 0 bridgehead atoms. The van der Waals surface area contributed by atoms with Crippen LogP contribution < -0.4 is 10.1 Å². The predicted molar refractivity (Wildman–Crippen MR) is 65.3 cm³/mol. The van der Waals surface area contributed by atoms with E-state index in [-0.39, 0.29) is 5.75 Å². The lowest BCUT2D eigenvalue weighted by molar-refractivity contribution is -0.140. The van der Waals surface area contributed by atoms with Crippen molar-refractivity contribution in [1.82, 2.24) is 4.98 Å². The predicted octanol–water partition coefficient (Wildman–Crippen LogP) is 3.85. The zero-order valence-corrected chi connectivity index (χ0v) is 10.3. The van der Waals surface area contributed by atoms with Crippen molar-refractivity contribution in [2.45, 2.75) is 6.18 Å². The Morgan fingerprint density at radius 1 is 1.19 bits per heavy atom. The standard InChI is InChI=1S/C13H8F4N2O2/c14-10-7-18-11(6-9(10)13(15,16)17)19-12(20)21-8-4-2-1-3-5-8/h1-7H,(H,18,19,20). The molecule has 0 radical (unpaired) electrons. The van der Waals surface area contributed by atoms with Crippen LogP contribution >= 0.6 is 0 Å². The van der Waals surface area contributed by atoms with Crippen molar-refractivity contribution in [3.05, 3.63) is 54.0 Å². The lowest BCUT2D eigenvalue weighted by Crippen LogP contribution is -2.18. The van der Waals surface area contributed by atoms with E-state index in [1.54, 1.807) is 18.2 Å². The monoisotopic (exact) mass is 300 g/mol. The van der Waals surface area contributed by atoms with Gasteiger partial charge >= 0.3 is 12.3 Å². The summed E-state index contributed by atoms with van der Waals surface area (Å²) >= 11 is 0. The first-order valence-electron chi connectivity index (χ1n) is 5.63. The summed E-state index contributed by atoms with van der Waals surface area (Å²) in [7, 11) is 0. The van der Waals surface area contributed by atoms with Crippen LogP contribution in [-0.4, -0.2) is 11.1 Å². The van der Waals surface area contributed by atoms with E-state index in [2.05, 4.69) is 4.98 Å². The Labute approximate surface area is 116 Å². The highest BCUT2D eigenvalue weighted by Crippen LogP contribution is 2.32. The summed E-state index contributed by atoms with van der Waals surface area (Å²) in [6, 6.07) is 8.28. The number of ether oxygens (including phenoxy) is 1. The average molecular weight is 300 g/mol. The first-order chi connectivity index (χ1) is 9.86. The van der Waals surface area contributed by atoms with Crippen molar-refractivity contribution in [2.24, 2.45) is 0 Å². The number of nitrogens with one attached hydrogen (secondary N) is 1. The molecular weight excluding hydrogens is 292 g/mol.